The maximum Gasteiger partial charge on any atom is 0.229 e. The van der Waals surface area contributed by atoms with Gasteiger partial charge in [-0.15, -0.1) is 0 Å². The summed E-state index contributed by atoms with van der Waals surface area (Å²) in [6, 6.07) is 14.9. The molecule has 1 heterocycles. The lowest BCUT2D eigenvalue weighted by Gasteiger charge is -2.18. The summed E-state index contributed by atoms with van der Waals surface area (Å²) in [5.74, 6) is 1.63. The summed E-state index contributed by atoms with van der Waals surface area (Å²) in [5, 5.41) is 0. The van der Waals surface area contributed by atoms with E-state index < -0.39 is 10.0 Å². The van der Waals surface area contributed by atoms with Crippen LogP contribution >= 0.6 is 0 Å². The van der Waals surface area contributed by atoms with Gasteiger partial charge in [-0.3, -0.25) is 4.72 Å². The molecule has 0 aliphatic rings. The van der Waals surface area contributed by atoms with Crippen LogP contribution in [-0.4, -0.2) is 44.4 Å². The first kappa shape index (κ1) is 19.0. The quantitative estimate of drug-likeness (QED) is 0.601. The zero-order valence-corrected chi connectivity index (χ0v) is 16.5. The molecule has 0 saturated heterocycles. The maximum absolute atomic E-state index is 11.2. The van der Waals surface area contributed by atoms with Gasteiger partial charge in [0.1, 0.15) is 5.75 Å². The second kappa shape index (κ2) is 7.87. The molecular formula is C19H24N4O3S. The highest BCUT2D eigenvalue weighted by Crippen LogP contribution is 2.20. The van der Waals surface area contributed by atoms with Crippen LogP contribution in [0.3, 0.4) is 0 Å². The number of rotatable bonds is 8. The van der Waals surface area contributed by atoms with Crippen molar-refractivity contribution in [3.63, 3.8) is 0 Å². The van der Waals surface area contributed by atoms with Crippen LogP contribution in [0.25, 0.3) is 11.0 Å². The number of para-hydroxylation sites is 2. The predicted molar refractivity (Wildman–Crippen MR) is 109 cm³/mol. The zero-order valence-electron chi connectivity index (χ0n) is 15.7. The van der Waals surface area contributed by atoms with E-state index in [-0.39, 0.29) is 0 Å². The molecule has 0 saturated carbocycles. The van der Waals surface area contributed by atoms with Crippen LogP contribution in [0, 0.1) is 0 Å². The number of nitrogens with one attached hydrogen (secondary N) is 1. The fraction of sp³-hybridized carbons (Fsp3) is 0.316. The number of imidazole rings is 1. The Bertz CT molecular complexity index is 1010. The van der Waals surface area contributed by atoms with Gasteiger partial charge in [-0.2, -0.15) is 0 Å². The normalized spacial score (nSPS) is 11.5. The molecule has 0 atom stereocenters. The maximum atomic E-state index is 11.2. The van der Waals surface area contributed by atoms with Crippen molar-refractivity contribution in [1.82, 2.24) is 9.55 Å². The number of aryl methyl sites for hydroxylation is 1. The molecule has 1 aromatic heterocycles. The van der Waals surface area contributed by atoms with E-state index in [1.807, 2.05) is 32.3 Å². The van der Waals surface area contributed by atoms with E-state index in [0.29, 0.717) is 18.0 Å². The molecule has 7 nitrogen and oxygen atoms in total. The highest BCUT2D eigenvalue weighted by atomic mass is 32.2. The van der Waals surface area contributed by atoms with Gasteiger partial charge in [-0.05, 0) is 42.8 Å². The molecule has 8 heteroatoms. The monoisotopic (exact) mass is 388 g/mol. The van der Waals surface area contributed by atoms with Gasteiger partial charge in [0.05, 0.1) is 23.9 Å². The van der Waals surface area contributed by atoms with E-state index in [2.05, 4.69) is 25.2 Å². The summed E-state index contributed by atoms with van der Waals surface area (Å²) in [4.78, 5) is 6.79. The number of fused-ring (bicyclic) bond motifs is 1. The van der Waals surface area contributed by atoms with Gasteiger partial charge in [0.2, 0.25) is 16.0 Å². The van der Waals surface area contributed by atoms with Crippen LogP contribution < -0.4 is 14.4 Å². The minimum Gasteiger partial charge on any atom is -0.494 e. The topological polar surface area (TPSA) is 76.5 Å². The Morgan fingerprint density at radius 1 is 1.15 bits per heavy atom. The lowest BCUT2D eigenvalue weighted by atomic mass is 10.3. The molecule has 0 aliphatic carbocycles. The summed E-state index contributed by atoms with van der Waals surface area (Å²) in [6.07, 6.45) is 1.96. The summed E-state index contributed by atoms with van der Waals surface area (Å²) in [5.41, 5.74) is 2.62. The first-order valence-electron chi connectivity index (χ1n) is 8.67. The van der Waals surface area contributed by atoms with Gasteiger partial charge in [-0.1, -0.05) is 12.1 Å². The molecule has 144 valence electrons. The smallest absolute Gasteiger partial charge is 0.229 e. The van der Waals surface area contributed by atoms with Gasteiger partial charge in [0.15, 0.2) is 0 Å². The van der Waals surface area contributed by atoms with Crippen LogP contribution in [0.1, 0.15) is 6.42 Å². The van der Waals surface area contributed by atoms with E-state index in [0.717, 1.165) is 36.2 Å². The Balaban J connectivity index is 1.50. The van der Waals surface area contributed by atoms with E-state index in [9.17, 15) is 8.42 Å². The van der Waals surface area contributed by atoms with Crippen molar-refractivity contribution in [2.45, 2.75) is 6.42 Å². The van der Waals surface area contributed by atoms with Gasteiger partial charge in [-0.25, -0.2) is 13.4 Å². The van der Waals surface area contributed by atoms with E-state index >= 15 is 0 Å². The molecule has 0 bridgehead atoms. The molecule has 3 rings (SSSR count). The van der Waals surface area contributed by atoms with Crippen molar-refractivity contribution >= 4 is 32.7 Å². The molecule has 0 aliphatic heterocycles. The lowest BCUT2D eigenvalue weighted by Crippen LogP contribution is -2.23. The van der Waals surface area contributed by atoms with Gasteiger partial charge >= 0.3 is 0 Å². The fourth-order valence-electron chi connectivity index (χ4n) is 2.90. The molecule has 3 aromatic rings. The van der Waals surface area contributed by atoms with Crippen LogP contribution in [0.4, 0.5) is 11.6 Å². The van der Waals surface area contributed by atoms with Crippen molar-refractivity contribution in [3.8, 4) is 5.75 Å². The largest absolute Gasteiger partial charge is 0.494 e. The predicted octanol–water partition coefficient (Wildman–Crippen LogP) is 2.85. The molecule has 0 fully saturated rings. The lowest BCUT2D eigenvalue weighted by molar-refractivity contribution is 0.312. The Hall–Kier alpha value is -2.74. The van der Waals surface area contributed by atoms with Crippen molar-refractivity contribution in [1.29, 1.82) is 0 Å². The van der Waals surface area contributed by atoms with Crippen LogP contribution in [0.15, 0.2) is 48.5 Å². The van der Waals surface area contributed by atoms with Crippen molar-refractivity contribution in [2.24, 2.45) is 7.05 Å². The number of benzene rings is 2. The molecule has 0 unspecified atom stereocenters. The second-order valence-electron chi connectivity index (χ2n) is 6.48. The highest BCUT2D eigenvalue weighted by molar-refractivity contribution is 7.92. The third-order valence-corrected chi connectivity index (χ3v) is 4.78. The minimum absolute atomic E-state index is 0.520. The number of nitrogens with zero attached hydrogens (tertiary/aromatic N) is 3. The van der Waals surface area contributed by atoms with E-state index in [1.54, 1.807) is 24.3 Å². The first-order chi connectivity index (χ1) is 12.8. The van der Waals surface area contributed by atoms with E-state index in [1.165, 1.54) is 0 Å². The van der Waals surface area contributed by atoms with Crippen molar-refractivity contribution in [3.05, 3.63) is 48.5 Å². The molecule has 0 amide bonds. The van der Waals surface area contributed by atoms with Crippen LogP contribution in [-0.2, 0) is 17.1 Å². The average Bonchev–Trinajstić information content (AvgIpc) is 2.96. The highest BCUT2D eigenvalue weighted by Gasteiger charge is 2.11. The third kappa shape index (κ3) is 4.91. The van der Waals surface area contributed by atoms with Crippen molar-refractivity contribution < 1.29 is 13.2 Å². The standard InChI is InChI=1S/C19H24N4O3S/c1-22(19-20-17-7-4-5-8-18(17)23(19)2)13-6-14-26-16-11-9-15(10-12-16)21-27(3,24)25/h4-5,7-12,21H,6,13-14H2,1-3H3. The summed E-state index contributed by atoms with van der Waals surface area (Å²) in [6.45, 7) is 1.37. The minimum atomic E-state index is -3.26. The van der Waals surface area contributed by atoms with Crippen molar-refractivity contribution in [2.75, 3.05) is 36.1 Å². The van der Waals surface area contributed by atoms with E-state index in [4.69, 9.17) is 4.74 Å². The molecular weight excluding hydrogens is 364 g/mol. The molecule has 0 radical (unpaired) electrons. The number of anilines is 2. The molecule has 27 heavy (non-hydrogen) atoms. The summed E-state index contributed by atoms with van der Waals surface area (Å²) >= 11 is 0. The Morgan fingerprint density at radius 2 is 1.85 bits per heavy atom. The summed E-state index contributed by atoms with van der Waals surface area (Å²) in [7, 11) is 0.774. The number of aromatic nitrogens is 2. The van der Waals surface area contributed by atoms with Crippen LogP contribution in [0.5, 0.6) is 5.75 Å². The Labute approximate surface area is 159 Å². The SMILES string of the molecule is CN(CCCOc1ccc(NS(C)(=O)=O)cc1)c1nc2ccccc2n1C. The molecule has 0 spiro atoms. The number of hydrogen-bond donors (Lipinski definition) is 1. The zero-order chi connectivity index (χ0) is 19.4. The van der Waals surface area contributed by atoms with Gasteiger partial charge < -0.3 is 14.2 Å². The van der Waals surface area contributed by atoms with Gasteiger partial charge in [0, 0.05) is 26.3 Å². The Kier molecular flexibility index (Phi) is 5.55. The summed E-state index contributed by atoms with van der Waals surface area (Å²) < 4.78 is 32.7. The van der Waals surface area contributed by atoms with Gasteiger partial charge in [0.25, 0.3) is 0 Å². The number of hydrogen-bond acceptors (Lipinski definition) is 5. The first-order valence-corrected chi connectivity index (χ1v) is 10.6. The Morgan fingerprint density at radius 3 is 2.52 bits per heavy atom. The number of ether oxygens (including phenoxy) is 1. The second-order valence-corrected chi connectivity index (χ2v) is 8.23. The van der Waals surface area contributed by atoms with Crippen LogP contribution in [0.2, 0.25) is 0 Å². The average molecular weight is 388 g/mol. The number of sulfonamides is 1. The molecule has 1 N–H and O–H groups in total. The fourth-order valence-corrected chi connectivity index (χ4v) is 3.46. The molecule has 2 aromatic carbocycles. The third-order valence-electron chi connectivity index (χ3n) is 4.17.